The Kier molecular flexibility index (Phi) is 7.92. The second-order valence-corrected chi connectivity index (χ2v) is 6.57. The molecule has 5 heteroatoms. The Morgan fingerprint density at radius 3 is 1.93 bits per heavy atom. The summed E-state index contributed by atoms with van der Waals surface area (Å²) in [6.45, 7) is 2.05. The second kappa shape index (κ2) is 11.1. The number of rotatable bonds is 11. The van der Waals surface area contributed by atoms with Crippen LogP contribution in [0.4, 0.5) is 0 Å². The van der Waals surface area contributed by atoms with E-state index in [0.717, 1.165) is 16.7 Å². The monoisotopic (exact) mass is 393 g/mol. The number of ether oxygens (including phenoxy) is 3. The summed E-state index contributed by atoms with van der Waals surface area (Å²) in [5.41, 5.74) is 3.13. The zero-order chi connectivity index (χ0) is 20.3. The van der Waals surface area contributed by atoms with Crippen LogP contribution in [0.5, 0.6) is 17.2 Å². The third-order valence-electron chi connectivity index (χ3n) is 4.38. The molecule has 0 aliphatic heterocycles. The molecule has 3 aromatic carbocycles. The first-order valence-corrected chi connectivity index (χ1v) is 9.66. The van der Waals surface area contributed by atoms with E-state index in [1.165, 1.54) is 0 Å². The molecule has 152 valence electrons. The van der Waals surface area contributed by atoms with E-state index in [2.05, 4.69) is 5.32 Å². The van der Waals surface area contributed by atoms with Crippen LogP contribution < -0.4 is 19.5 Å². The Labute approximate surface area is 171 Å². The van der Waals surface area contributed by atoms with Crippen molar-refractivity contribution < 1.29 is 19.3 Å². The van der Waals surface area contributed by atoms with Gasteiger partial charge >= 0.3 is 0 Å². The largest absolute Gasteiger partial charge is 0.493 e. The van der Waals surface area contributed by atoms with Crippen molar-refractivity contribution in [2.45, 2.75) is 19.8 Å². The van der Waals surface area contributed by atoms with E-state index in [4.69, 9.17) is 19.3 Å². The van der Waals surface area contributed by atoms with Crippen molar-refractivity contribution >= 4 is 0 Å². The van der Waals surface area contributed by atoms with E-state index in [1.54, 1.807) is 7.11 Å². The highest BCUT2D eigenvalue weighted by molar-refractivity contribution is 5.54. The fourth-order valence-corrected chi connectivity index (χ4v) is 2.91. The summed E-state index contributed by atoms with van der Waals surface area (Å²) < 4.78 is 17.8. The molecule has 0 heterocycles. The molecule has 3 aromatic rings. The molecular weight excluding hydrogens is 366 g/mol. The van der Waals surface area contributed by atoms with Crippen LogP contribution in [0.25, 0.3) is 0 Å². The molecule has 0 saturated carbocycles. The van der Waals surface area contributed by atoms with Crippen LogP contribution in [0.1, 0.15) is 16.7 Å². The van der Waals surface area contributed by atoms with Crippen LogP contribution in [0.15, 0.2) is 72.8 Å². The lowest BCUT2D eigenvalue weighted by molar-refractivity contribution is 0.243. The van der Waals surface area contributed by atoms with Gasteiger partial charge in [-0.05, 0) is 28.8 Å². The maximum Gasteiger partial charge on any atom is 0.203 e. The number of aliphatic hydroxyl groups excluding tert-OH is 1. The smallest absolute Gasteiger partial charge is 0.203 e. The molecule has 0 amide bonds. The van der Waals surface area contributed by atoms with Crippen LogP contribution in [-0.2, 0) is 19.8 Å². The van der Waals surface area contributed by atoms with Gasteiger partial charge in [-0.25, -0.2) is 0 Å². The van der Waals surface area contributed by atoms with Crippen molar-refractivity contribution in [3.05, 3.63) is 89.5 Å². The number of aliphatic hydroxyl groups is 1. The van der Waals surface area contributed by atoms with Crippen molar-refractivity contribution in [2.24, 2.45) is 0 Å². The van der Waals surface area contributed by atoms with Crippen LogP contribution in [0.2, 0.25) is 0 Å². The predicted octanol–water partition coefficient (Wildman–Crippen LogP) is 3.94. The van der Waals surface area contributed by atoms with Gasteiger partial charge in [-0.2, -0.15) is 0 Å². The Morgan fingerprint density at radius 2 is 1.34 bits per heavy atom. The van der Waals surface area contributed by atoms with E-state index < -0.39 is 0 Å². The second-order valence-electron chi connectivity index (χ2n) is 6.57. The minimum absolute atomic E-state index is 0.0900. The minimum atomic E-state index is 0.0900. The predicted molar refractivity (Wildman–Crippen MR) is 113 cm³/mol. The van der Waals surface area contributed by atoms with Gasteiger partial charge in [0.15, 0.2) is 11.5 Å². The Hall–Kier alpha value is -3.02. The standard InChI is InChI=1S/C24H27NO4/c1-27-22-14-21(16-25-12-13-26)15-23(28-17-19-8-4-2-5-9-19)24(22)29-18-20-10-6-3-7-11-20/h2-11,14-15,25-26H,12-13,16-18H2,1H3. The van der Waals surface area contributed by atoms with Crippen molar-refractivity contribution in [2.75, 3.05) is 20.3 Å². The number of hydrogen-bond donors (Lipinski definition) is 2. The zero-order valence-electron chi connectivity index (χ0n) is 16.6. The highest BCUT2D eigenvalue weighted by Gasteiger charge is 2.15. The minimum Gasteiger partial charge on any atom is -0.493 e. The van der Waals surface area contributed by atoms with E-state index in [0.29, 0.717) is 43.6 Å². The molecule has 3 rings (SSSR count). The highest BCUT2D eigenvalue weighted by atomic mass is 16.5. The first-order chi connectivity index (χ1) is 14.3. The quantitative estimate of drug-likeness (QED) is 0.483. The van der Waals surface area contributed by atoms with E-state index in [1.807, 2.05) is 72.8 Å². The van der Waals surface area contributed by atoms with Gasteiger partial charge in [-0.15, -0.1) is 0 Å². The molecule has 0 unspecified atom stereocenters. The lowest BCUT2D eigenvalue weighted by atomic mass is 10.1. The van der Waals surface area contributed by atoms with Gasteiger partial charge < -0.3 is 24.6 Å². The fourth-order valence-electron chi connectivity index (χ4n) is 2.91. The molecule has 0 aliphatic carbocycles. The molecule has 0 spiro atoms. The SMILES string of the molecule is COc1cc(CNCCO)cc(OCc2ccccc2)c1OCc1ccccc1. The van der Waals surface area contributed by atoms with Gasteiger partial charge in [-0.3, -0.25) is 0 Å². The summed E-state index contributed by atoms with van der Waals surface area (Å²) in [6.07, 6.45) is 0. The Morgan fingerprint density at radius 1 is 0.759 bits per heavy atom. The summed E-state index contributed by atoms with van der Waals surface area (Å²) in [5.74, 6) is 1.83. The van der Waals surface area contributed by atoms with Crippen LogP contribution in [0, 0.1) is 0 Å². The summed E-state index contributed by atoms with van der Waals surface area (Å²) in [5, 5.41) is 12.2. The van der Waals surface area contributed by atoms with Gasteiger partial charge in [0.25, 0.3) is 0 Å². The van der Waals surface area contributed by atoms with Crippen molar-refractivity contribution in [1.29, 1.82) is 0 Å². The molecule has 0 radical (unpaired) electrons. The first-order valence-electron chi connectivity index (χ1n) is 9.66. The molecular formula is C24H27NO4. The lowest BCUT2D eigenvalue weighted by Gasteiger charge is -2.18. The average Bonchev–Trinajstić information content (AvgIpc) is 2.78. The summed E-state index contributed by atoms with van der Waals surface area (Å²) >= 11 is 0. The molecule has 2 N–H and O–H groups in total. The topological polar surface area (TPSA) is 60.0 Å². The average molecular weight is 393 g/mol. The Balaban J connectivity index is 1.83. The third-order valence-corrected chi connectivity index (χ3v) is 4.38. The normalized spacial score (nSPS) is 10.6. The van der Waals surface area contributed by atoms with Gasteiger partial charge in [0, 0.05) is 13.1 Å². The number of methoxy groups -OCH3 is 1. The molecule has 29 heavy (non-hydrogen) atoms. The van der Waals surface area contributed by atoms with Crippen LogP contribution in [-0.4, -0.2) is 25.4 Å². The maximum atomic E-state index is 9.00. The molecule has 0 aliphatic rings. The summed E-state index contributed by atoms with van der Waals surface area (Å²) in [4.78, 5) is 0. The van der Waals surface area contributed by atoms with Gasteiger partial charge in [0.2, 0.25) is 5.75 Å². The zero-order valence-corrected chi connectivity index (χ0v) is 16.6. The maximum absolute atomic E-state index is 9.00. The van der Waals surface area contributed by atoms with Crippen LogP contribution >= 0.6 is 0 Å². The molecule has 0 fully saturated rings. The molecule has 0 atom stereocenters. The number of benzene rings is 3. The van der Waals surface area contributed by atoms with E-state index >= 15 is 0 Å². The van der Waals surface area contributed by atoms with Gasteiger partial charge in [0.05, 0.1) is 13.7 Å². The lowest BCUT2D eigenvalue weighted by Crippen LogP contribution is -2.17. The Bertz CT molecular complexity index is 869. The van der Waals surface area contributed by atoms with Gasteiger partial charge in [-0.1, -0.05) is 60.7 Å². The highest BCUT2D eigenvalue weighted by Crippen LogP contribution is 2.39. The summed E-state index contributed by atoms with van der Waals surface area (Å²) in [7, 11) is 1.62. The number of hydrogen-bond acceptors (Lipinski definition) is 5. The first kappa shape index (κ1) is 20.7. The molecule has 0 bridgehead atoms. The molecule has 0 aromatic heterocycles. The molecule has 0 saturated heterocycles. The van der Waals surface area contributed by atoms with Crippen molar-refractivity contribution in [3.63, 3.8) is 0 Å². The van der Waals surface area contributed by atoms with Crippen LogP contribution in [0.3, 0.4) is 0 Å². The number of nitrogens with one attached hydrogen (secondary N) is 1. The third kappa shape index (κ3) is 6.24. The van der Waals surface area contributed by atoms with E-state index in [9.17, 15) is 0 Å². The van der Waals surface area contributed by atoms with E-state index in [-0.39, 0.29) is 6.61 Å². The van der Waals surface area contributed by atoms with Crippen molar-refractivity contribution in [1.82, 2.24) is 5.32 Å². The summed E-state index contributed by atoms with van der Waals surface area (Å²) in [6, 6.07) is 23.9. The fraction of sp³-hybridized carbons (Fsp3) is 0.250. The van der Waals surface area contributed by atoms with Crippen molar-refractivity contribution in [3.8, 4) is 17.2 Å². The molecule has 5 nitrogen and oxygen atoms in total. The van der Waals surface area contributed by atoms with Gasteiger partial charge in [0.1, 0.15) is 13.2 Å².